The molecule has 0 amide bonds. The molecule has 1 aromatic heterocycles. The van der Waals surface area contributed by atoms with Crippen LogP contribution in [-0.4, -0.2) is 23.0 Å². The van der Waals surface area contributed by atoms with Crippen LogP contribution in [0.2, 0.25) is 0 Å². The molecule has 1 aromatic rings. The van der Waals surface area contributed by atoms with Gasteiger partial charge in [-0.15, -0.1) is 0 Å². The van der Waals surface area contributed by atoms with Crippen molar-refractivity contribution in [1.82, 2.24) is 9.78 Å². The number of hydrogen-bond acceptors (Lipinski definition) is 2. The Kier molecular flexibility index (Phi) is 2.08. The van der Waals surface area contributed by atoms with Crippen LogP contribution in [0.4, 0.5) is 0 Å². The topological polar surface area (TPSA) is 30.2 Å². The van der Waals surface area contributed by atoms with Crippen molar-refractivity contribution in [2.75, 3.05) is 7.05 Å². The van der Waals surface area contributed by atoms with Crippen LogP contribution >= 0.6 is 0 Å². The second-order valence-corrected chi connectivity index (χ2v) is 2.61. The Hall–Kier alpha value is -1.12. The van der Waals surface area contributed by atoms with E-state index in [4.69, 9.17) is 0 Å². The van der Waals surface area contributed by atoms with E-state index in [1.807, 2.05) is 24.9 Å². The lowest BCUT2D eigenvalue weighted by atomic mass is 10.2. The third-order valence-corrected chi connectivity index (χ3v) is 1.83. The Morgan fingerprint density at radius 3 is 2.45 bits per heavy atom. The summed E-state index contributed by atoms with van der Waals surface area (Å²) < 4.78 is 1.84. The summed E-state index contributed by atoms with van der Waals surface area (Å²) in [4.78, 5) is 3.96. The van der Waals surface area contributed by atoms with Gasteiger partial charge in [0.15, 0.2) is 0 Å². The number of aliphatic imine (C=N–C) groups is 1. The number of hydrogen-bond donors (Lipinski definition) is 0. The van der Waals surface area contributed by atoms with Crippen LogP contribution in [0.1, 0.15) is 17.0 Å². The zero-order valence-corrected chi connectivity index (χ0v) is 7.42. The molecule has 1 heterocycles. The Balaban J connectivity index is 3.22. The fraction of sp³-hybridized carbons (Fsp3) is 0.500. The molecular formula is C8H13N3. The molecule has 0 N–H and O–H groups in total. The highest BCUT2D eigenvalue weighted by Gasteiger charge is 2.04. The van der Waals surface area contributed by atoms with Gasteiger partial charge in [0, 0.05) is 20.3 Å². The van der Waals surface area contributed by atoms with Gasteiger partial charge >= 0.3 is 0 Å². The maximum Gasteiger partial charge on any atom is 0.0816 e. The van der Waals surface area contributed by atoms with Gasteiger partial charge in [0.1, 0.15) is 0 Å². The van der Waals surface area contributed by atoms with Crippen molar-refractivity contribution < 1.29 is 0 Å². The zero-order valence-electron chi connectivity index (χ0n) is 7.42. The van der Waals surface area contributed by atoms with Crippen LogP contribution in [0, 0.1) is 13.8 Å². The number of rotatable bonds is 1. The van der Waals surface area contributed by atoms with Crippen LogP contribution in [0.5, 0.6) is 0 Å². The van der Waals surface area contributed by atoms with Gasteiger partial charge in [-0.3, -0.25) is 9.67 Å². The van der Waals surface area contributed by atoms with E-state index in [9.17, 15) is 0 Å². The molecule has 0 saturated heterocycles. The molecule has 0 aliphatic carbocycles. The van der Waals surface area contributed by atoms with E-state index >= 15 is 0 Å². The Labute approximate surface area is 66.8 Å². The van der Waals surface area contributed by atoms with Crippen LogP contribution in [-0.2, 0) is 7.05 Å². The van der Waals surface area contributed by atoms with E-state index in [1.165, 1.54) is 5.56 Å². The van der Waals surface area contributed by atoms with Gasteiger partial charge in [-0.1, -0.05) is 0 Å². The summed E-state index contributed by atoms with van der Waals surface area (Å²) in [6.45, 7) is 4.06. The lowest BCUT2D eigenvalue weighted by Crippen LogP contribution is -1.97. The largest absolute Gasteiger partial charge is 0.294 e. The molecule has 0 spiro atoms. The summed E-state index contributed by atoms with van der Waals surface area (Å²) >= 11 is 0. The quantitative estimate of drug-likeness (QED) is 0.552. The molecule has 0 unspecified atom stereocenters. The van der Waals surface area contributed by atoms with Crippen molar-refractivity contribution in [3.05, 3.63) is 17.0 Å². The van der Waals surface area contributed by atoms with Crippen LogP contribution in [0.25, 0.3) is 0 Å². The zero-order chi connectivity index (χ0) is 8.43. The summed E-state index contributed by atoms with van der Waals surface area (Å²) in [6.07, 6.45) is 1.83. The first kappa shape index (κ1) is 7.98. The van der Waals surface area contributed by atoms with Crippen LogP contribution in [0.15, 0.2) is 4.99 Å². The molecule has 0 saturated carbocycles. The summed E-state index contributed by atoms with van der Waals surface area (Å²) in [5, 5.41) is 4.25. The standard InChI is InChI=1S/C8H13N3/c1-6-7(2)10-11(4)8(6)5-9-3/h5H,1-4H3/b9-5-. The Morgan fingerprint density at radius 1 is 1.45 bits per heavy atom. The molecule has 60 valence electrons. The molecule has 0 radical (unpaired) electrons. The van der Waals surface area contributed by atoms with Crippen LogP contribution in [0.3, 0.4) is 0 Å². The highest BCUT2D eigenvalue weighted by molar-refractivity contribution is 5.79. The monoisotopic (exact) mass is 151 g/mol. The Bertz CT molecular complexity index is 284. The average Bonchev–Trinajstić information content (AvgIpc) is 2.17. The highest BCUT2D eigenvalue weighted by Crippen LogP contribution is 2.08. The number of aryl methyl sites for hydroxylation is 2. The molecule has 0 aliphatic rings. The minimum atomic E-state index is 1.07. The van der Waals surface area contributed by atoms with Gasteiger partial charge in [-0.2, -0.15) is 5.10 Å². The number of aromatic nitrogens is 2. The second kappa shape index (κ2) is 2.86. The molecule has 0 fully saturated rings. The fourth-order valence-electron chi connectivity index (χ4n) is 1.08. The van der Waals surface area contributed by atoms with Gasteiger partial charge < -0.3 is 0 Å². The van der Waals surface area contributed by atoms with E-state index in [-0.39, 0.29) is 0 Å². The van der Waals surface area contributed by atoms with Gasteiger partial charge in [0.25, 0.3) is 0 Å². The molecule has 1 rings (SSSR count). The van der Waals surface area contributed by atoms with Gasteiger partial charge in [-0.25, -0.2) is 0 Å². The lowest BCUT2D eigenvalue weighted by Gasteiger charge is -1.93. The van der Waals surface area contributed by atoms with Crippen molar-refractivity contribution in [3.63, 3.8) is 0 Å². The molecule has 11 heavy (non-hydrogen) atoms. The first-order valence-corrected chi connectivity index (χ1v) is 3.59. The van der Waals surface area contributed by atoms with Gasteiger partial charge in [0.2, 0.25) is 0 Å². The first-order valence-electron chi connectivity index (χ1n) is 3.59. The molecule has 3 heteroatoms. The van der Waals surface area contributed by atoms with E-state index in [0.717, 1.165) is 11.4 Å². The first-order chi connectivity index (χ1) is 5.16. The summed E-state index contributed by atoms with van der Waals surface area (Å²) in [6, 6.07) is 0. The maximum absolute atomic E-state index is 4.25. The SMILES string of the molecule is C/N=C\c1c(C)c(C)nn1C. The summed E-state index contributed by atoms with van der Waals surface area (Å²) in [5.74, 6) is 0. The molecular weight excluding hydrogens is 138 g/mol. The maximum atomic E-state index is 4.25. The fourth-order valence-corrected chi connectivity index (χ4v) is 1.08. The summed E-state index contributed by atoms with van der Waals surface area (Å²) in [7, 11) is 3.69. The third-order valence-electron chi connectivity index (χ3n) is 1.83. The smallest absolute Gasteiger partial charge is 0.0816 e. The minimum absolute atomic E-state index is 1.07. The molecule has 0 aliphatic heterocycles. The average molecular weight is 151 g/mol. The normalized spacial score (nSPS) is 11.3. The molecule has 0 aromatic carbocycles. The Morgan fingerprint density at radius 2 is 2.09 bits per heavy atom. The van der Waals surface area contributed by atoms with Gasteiger partial charge in [-0.05, 0) is 19.4 Å². The van der Waals surface area contributed by atoms with Crippen LogP contribution < -0.4 is 0 Å². The van der Waals surface area contributed by atoms with Crippen molar-refractivity contribution in [3.8, 4) is 0 Å². The number of nitrogens with zero attached hydrogens (tertiary/aromatic N) is 3. The second-order valence-electron chi connectivity index (χ2n) is 2.61. The predicted octanol–water partition coefficient (Wildman–Crippen LogP) is 1.09. The van der Waals surface area contributed by atoms with Crippen molar-refractivity contribution >= 4 is 6.21 Å². The lowest BCUT2D eigenvalue weighted by molar-refractivity contribution is 0.751. The van der Waals surface area contributed by atoms with Gasteiger partial charge in [0.05, 0.1) is 11.4 Å². The molecule has 0 bridgehead atoms. The molecule has 0 atom stereocenters. The van der Waals surface area contributed by atoms with E-state index in [0.29, 0.717) is 0 Å². The van der Waals surface area contributed by atoms with E-state index in [1.54, 1.807) is 7.05 Å². The van der Waals surface area contributed by atoms with E-state index in [2.05, 4.69) is 17.0 Å². The summed E-state index contributed by atoms with van der Waals surface area (Å²) in [5.41, 5.74) is 3.37. The highest BCUT2D eigenvalue weighted by atomic mass is 15.3. The van der Waals surface area contributed by atoms with Crippen molar-refractivity contribution in [1.29, 1.82) is 0 Å². The predicted molar refractivity (Wildman–Crippen MR) is 46.2 cm³/mol. The van der Waals surface area contributed by atoms with Crippen molar-refractivity contribution in [2.45, 2.75) is 13.8 Å². The van der Waals surface area contributed by atoms with Crippen molar-refractivity contribution in [2.24, 2.45) is 12.0 Å². The van der Waals surface area contributed by atoms with E-state index < -0.39 is 0 Å². The third kappa shape index (κ3) is 1.31. The minimum Gasteiger partial charge on any atom is -0.294 e. The molecule has 3 nitrogen and oxygen atoms in total.